The first-order chi connectivity index (χ1) is 26.8. The Morgan fingerprint density at radius 1 is 0.891 bits per heavy atom. The van der Waals surface area contributed by atoms with E-state index >= 15 is 0 Å². The van der Waals surface area contributed by atoms with E-state index in [0.717, 1.165) is 83.2 Å². The van der Waals surface area contributed by atoms with Gasteiger partial charge in [0.15, 0.2) is 0 Å². The molecule has 13 heteroatoms. The molecule has 2 saturated heterocycles. The lowest BCUT2D eigenvalue weighted by Crippen LogP contribution is -2.54. The number of carbonyl (C=O) groups is 4. The van der Waals surface area contributed by atoms with Gasteiger partial charge >= 0.3 is 0 Å². The summed E-state index contributed by atoms with van der Waals surface area (Å²) >= 11 is 1.63. The van der Waals surface area contributed by atoms with Gasteiger partial charge in [0.05, 0.1) is 35.1 Å². The molecule has 5 heterocycles. The van der Waals surface area contributed by atoms with E-state index in [0.29, 0.717) is 30.1 Å². The fourth-order valence-corrected chi connectivity index (χ4v) is 8.69. The third-order valence-electron chi connectivity index (χ3n) is 10.9. The highest BCUT2D eigenvalue weighted by atomic mass is 32.1. The molecule has 4 amide bonds. The number of ether oxygens (including phenoxy) is 3. The predicted octanol–water partition coefficient (Wildman–Crippen LogP) is 6.17. The summed E-state index contributed by atoms with van der Waals surface area (Å²) in [7, 11) is 1.67. The van der Waals surface area contributed by atoms with Crippen LogP contribution in [0.1, 0.15) is 76.2 Å². The number of likely N-dealkylation sites (tertiary alicyclic amines) is 1. The van der Waals surface area contributed by atoms with Crippen LogP contribution in [-0.2, 0) is 9.59 Å². The third-order valence-corrected chi connectivity index (χ3v) is 11.9. The number of methoxy groups -OCH3 is 1. The number of nitrogens with zero attached hydrogens (tertiary/aromatic N) is 4. The Labute approximate surface area is 323 Å². The van der Waals surface area contributed by atoms with E-state index in [1.807, 2.05) is 60.8 Å². The Kier molecular flexibility index (Phi) is 10.7. The van der Waals surface area contributed by atoms with Crippen LogP contribution in [0.25, 0.3) is 22.4 Å². The van der Waals surface area contributed by atoms with E-state index in [1.54, 1.807) is 36.6 Å². The third kappa shape index (κ3) is 8.32. The van der Waals surface area contributed by atoms with Gasteiger partial charge < -0.3 is 19.1 Å². The molecule has 4 aromatic rings. The van der Waals surface area contributed by atoms with Crippen molar-refractivity contribution in [3.8, 4) is 17.4 Å². The lowest BCUT2D eigenvalue weighted by molar-refractivity contribution is -0.136. The normalized spacial score (nSPS) is 22.1. The summed E-state index contributed by atoms with van der Waals surface area (Å²) in [5, 5.41) is 3.16. The summed E-state index contributed by atoms with van der Waals surface area (Å²) in [4.78, 5) is 62.7. The monoisotopic (exact) mass is 761 g/mol. The van der Waals surface area contributed by atoms with Gasteiger partial charge in [-0.2, -0.15) is 0 Å². The Bertz CT molecular complexity index is 2150. The molecular weight excluding hydrogens is 719 g/mol. The Balaban J connectivity index is 0.712. The van der Waals surface area contributed by atoms with Crippen molar-refractivity contribution in [1.82, 2.24) is 25.1 Å². The average Bonchev–Trinajstić information content (AvgIpc) is 3.70. The minimum Gasteiger partial charge on any atom is -0.497 e. The molecule has 0 radical (unpaired) electrons. The van der Waals surface area contributed by atoms with E-state index in [4.69, 9.17) is 14.2 Å². The van der Waals surface area contributed by atoms with Crippen molar-refractivity contribution < 1.29 is 33.4 Å². The number of carbonyl (C=O) groups excluding carboxylic acids is 4. The Morgan fingerprint density at radius 3 is 2.47 bits per heavy atom. The summed E-state index contributed by atoms with van der Waals surface area (Å²) in [6, 6.07) is 13.8. The molecule has 3 fully saturated rings. The lowest BCUT2D eigenvalue weighted by Gasteiger charge is -2.40. The van der Waals surface area contributed by atoms with Crippen LogP contribution in [0, 0.1) is 11.8 Å². The van der Waals surface area contributed by atoms with Gasteiger partial charge in [0, 0.05) is 25.2 Å². The van der Waals surface area contributed by atoms with Crippen LogP contribution in [0.5, 0.6) is 17.4 Å². The highest BCUT2D eigenvalue weighted by molar-refractivity contribution is 7.19. The summed E-state index contributed by atoms with van der Waals surface area (Å²) in [6.07, 6.45) is 15.5. The van der Waals surface area contributed by atoms with Crippen LogP contribution < -0.4 is 19.5 Å². The van der Waals surface area contributed by atoms with Gasteiger partial charge in [-0.15, -0.1) is 11.3 Å². The number of allylic oxidation sites excluding steroid dienone is 2. The second kappa shape index (κ2) is 16.1. The molecule has 2 aromatic carbocycles. The molecule has 284 valence electrons. The number of nitrogens with one attached hydrogen (secondary N) is 1. The first-order valence-electron chi connectivity index (χ1n) is 18.9. The molecule has 0 bridgehead atoms. The minimum atomic E-state index is -0.980. The number of imide groups is 2. The molecule has 12 nitrogen and oxygen atoms in total. The summed E-state index contributed by atoms with van der Waals surface area (Å²) in [5.74, 6) is 1.17. The second-order valence-electron chi connectivity index (χ2n) is 14.6. The molecule has 1 saturated carbocycles. The molecule has 3 aliphatic heterocycles. The lowest BCUT2D eigenvalue weighted by atomic mass is 9.81. The van der Waals surface area contributed by atoms with E-state index in [1.165, 1.54) is 0 Å². The van der Waals surface area contributed by atoms with Crippen LogP contribution in [0.4, 0.5) is 0 Å². The van der Waals surface area contributed by atoms with Gasteiger partial charge in [-0.3, -0.25) is 29.4 Å². The van der Waals surface area contributed by atoms with Crippen LogP contribution in [-0.4, -0.2) is 88.9 Å². The highest BCUT2D eigenvalue weighted by Crippen LogP contribution is 2.34. The van der Waals surface area contributed by atoms with Crippen molar-refractivity contribution >= 4 is 57.3 Å². The number of fused-ring (bicyclic) bond motifs is 2. The van der Waals surface area contributed by atoms with E-state index in [9.17, 15) is 19.2 Å². The van der Waals surface area contributed by atoms with Gasteiger partial charge in [-0.05, 0) is 118 Å². The van der Waals surface area contributed by atoms with Gasteiger partial charge in [0.2, 0.25) is 17.7 Å². The summed E-state index contributed by atoms with van der Waals surface area (Å²) in [6.45, 7) is 3.75. The summed E-state index contributed by atoms with van der Waals surface area (Å²) in [5.41, 5.74) is 2.45. The van der Waals surface area contributed by atoms with Crippen molar-refractivity contribution in [2.75, 3.05) is 33.4 Å². The van der Waals surface area contributed by atoms with Crippen molar-refractivity contribution in [2.45, 2.75) is 57.1 Å². The molecule has 1 aliphatic carbocycles. The number of benzene rings is 2. The number of pyridine rings is 1. The van der Waals surface area contributed by atoms with Crippen LogP contribution in [0.3, 0.4) is 0 Å². The SMILES string of the molecule is COc1ccc2nc(/C=C/C=C/c3ccc(OC4CC(CN5CCC(CCOc6ccc7c(c6)C(=O)N(C6CCC(=O)NC6=O)C7=O)CC5)C4)nc3)sc2c1. The topological polar surface area (TPSA) is 140 Å². The van der Waals surface area contributed by atoms with Gasteiger partial charge in [-0.25, -0.2) is 9.97 Å². The van der Waals surface area contributed by atoms with E-state index < -0.39 is 29.7 Å². The molecule has 1 N–H and O–H groups in total. The number of aromatic nitrogens is 2. The fraction of sp³-hybridized carbons (Fsp3) is 0.381. The zero-order valence-corrected chi connectivity index (χ0v) is 31.5. The van der Waals surface area contributed by atoms with Crippen molar-refractivity contribution in [3.63, 3.8) is 0 Å². The van der Waals surface area contributed by atoms with Crippen LogP contribution in [0.15, 0.2) is 66.9 Å². The number of thiazole rings is 1. The maximum Gasteiger partial charge on any atom is 0.262 e. The van der Waals surface area contributed by atoms with E-state index in [2.05, 4.69) is 20.2 Å². The minimum absolute atomic E-state index is 0.0884. The molecule has 1 unspecified atom stereocenters. The standard InChI is InChI=1S/C42H43N5O7S/c1-52-29-8-10-34-36(23-29)55-39(44-34)5-3-2-4-27-6-13-38(43-24-27)54-31-20-28(21-31)25-46-17-14-26(15-18-46)16-19-53-30-7-9-32-33(22-30)42(51)47(41(32)50)35-11-12-37(48)45-40(35)49/h2-10,13,22-24,26,28,31,35H,11-12,14-21,25H2,1H3,(H,45,48,49)/b4-2+,5-3+. The first kappa shape index (κ1) is 36.6. The maximum atomic E-state index is 13.1. The number of amides is 4. The number of rotatable bonds is 13. The average molecular weight is 762 g/mol. The van der Waals surface area contributed by atoms with E-state index in [-0.39, 0.29) is 30.1 Å². The maximum absolute atomic E-state index is 13.1. The van der Waals surface area contributed by atoms with Gasteiger partial charge in [0.1, 0.15) is 28.7 Å². The molecule has 1 atom stereocenters. The fourth-order valence-electron chi connectivity index (χ4n) is 7.78. The number of hydrogen-bond donors (Lipinski definition) is 1. The molecule has 4 aliphatic rings. The number of hydrogen-bond acceptors (Lipinski definition) is 11. The zero-order chi connectivity index (χ0) is 37.9. The molecule has 55 heavy (non-hydrogen) atoms. The second-order valence-corrected chi connectivity index (χ2v) is 15.7. The molecule has 8 rings (SSSR count). The summed E-state index contributed by atoms with van der Waals surface area (Å²) < 4.78 is 18.6. The largest absolute Gasteiger partial charge is 0.497 e. The smallest absolute Gasteiger partial charge is 0.262 e. The van der Waals surface area contributed by atoms with Gasteiger partial charge in [-0.1, -0.05) is 18.2 Å². The Morgan fingerprint density at radius 2 is 1.69 bits per heavy atom. The number of piperidine rings is 2. The molecule has 0 spiro atoms. The van der Waals surface area contributed by atoms with Crippen LogP contribution >= 0.6 is 11.3 Å². The zero-order valence-electron chi connectivity index (χ0n) is 30.6. The van der Waals surface area contributed by atoms with Crippen molar-refractivity contribution in [2.24, 2.45) is 11.8 Å². The van der Waals surface area contributed by atoms with Crippen molar-refractivity contribution in [1.29, 1.82) is 0 Å². The van der Waals surface area contributed by atoms with Crippen LogP contribution in [0.2, 0.25) is 0 Å². The van der Waals surface area contributed by atoms with Gasteiger partial charge in [0.25, 0.3) is 11.8 Å². The highest BCUT2D eigenvalue weighted by Gasteiger charge is 2.44. The first-order valence-corrected chi connectivity index (χ1v) is 19.7. The Hall–Kier alpha value is -5.40. The quantitative estimate of drug-likeness (QED) is 0.124. The predicted molar refractivity (Wildman–Crippen MR) is 208 cm³/mol. The molecular formula is C42H43N5O7S. The molecule has 2 aromatic heterocycles. The van der Waals surface area contributed by atoms with Crippen molar-refractivity contribution in [3.05, 3.63) is 88.6 Å².